The summed E-state index contributed by atoms with van der Waals surface area (Å²) in [6, 6.07) is 19.4. The minimum absolute atomic E-state index is 0.0159. The van der Waals surface area contributed by atoms with E-state index in [9.17, 15) is 9.59 Å². The predicted octanol–water partition coefficient (Wildman–Crippen LogP) is 5.62. The van der Waals surface area contributed by atoms with Crippen molar-refractivity contribution in [2.24, 2.45) is 0 Å². The molecule has 0 saturated heterocycles. The Labute approximate surface area is 192 Å². The molecule has 0 atom stereocenters. The smallest absolute Gasteiger partial charge is 0.186 e. The van der Waals surface area contributed by atoms with Crippen LogP contribution in [0, 0.1) is 6.92 Å². The van der Waals surface area contributed by atoms with Crippen molar-refractivity contribution < 1.29 is 19.2 Å². The molecule has 31 heavy (non-hydrogen) atoms. The fourth-order valence-electron chi connectivity index (χ4n) is 2.44. The summed E-state index contributed by atoms with van der Waals surface area (Å²) in [5.74, 6) is 0.201. The van der Waals surface area contributed by atoms with Gasteiger partial charge in [0.2, 0.25) is 0 Å². The van der Waals surface area contributed by atoms with E-state index in [1.165, 1.54) is 17.9 Å². The van der Waals surface area contributed by atoms with Crippen LogP contribution in [0.4, 0.5) is 5.69 Å². The van der Waals surface area contributed by atoms with E-state index in [1.807, 2.05) is 44.9 Å². The monoisotopic (exact) mass is 459 g/mol. The lowest BCUT2D eigenvalue weighted by molar-refractivity contribution is -0.109. The minimum atomic E-state index is -0.0322. The van der Waals surface area contributed by atoms with E-state index in [-0.39, 0.29) is 16.7 Å². The third-order valence-electron chi connectivity index (χ3n) is 3.88. The molecule has 0 bridgehead atoms. The number of thioether (sulfide) groups is 1. The Morgan fingerprint density at radius 2 is 1.58 bits per heavy atom. The first-order valence-electron chi connectivity index (χ1n) is 9.07. The van der Waals surface area contributed by atoms with Crippen LogP contribution in [0.2, 0.25) is 5.02 Å². The Morgan fingerprint density at radius 1 is 0.968 bits per heavy atom. The molecular weight excluding hydrogens is 434 g/mol. The normalized spacial score (nSPS) is 9.03. The molecule has 0 radical (unpaired) electrons. The number of nitrogens with one attached hydrogen (secondary N) is 1. The lowest BCUT2D eigenvalue weighted by Crippen LogP contribution is -2.04. The fraction of sp³-hybridized carbons (Fsp3) is 0.167. The Morgan fingerprint density at radius 3 is 2.13 bits per heavy atom. The maximum atomic E-state index is 11.6. The number of carbonyl (C=O) groups excluding carboxylic acids is 4. The summed E-state index contributed by atoms with van der Waals surface area (Å²) in [6.45, 7) is 7.54. The molecule has 0 fully saturated rings. The fourth-order valence-corrected chi connectivity index (χ4v) is 3.18. The summed E-state index contributed by atoms with van der Waals surface area (Å²) < 4.78 is 0. The van der Waals surface area contributed by atoms with Gasteiger partial charge in [-0.1, -0.05) is 59.3 Å². The number of ketones is 1. The maximum absolute atomic E-state index is 11.6. The number of halogens is 1. The van der Waals surface area contributed by atoms with Crippen LogP contribution in [0.25, 0.3) is 10.8 Å². The average molecular weight is 460 g/mol. The highest BCUT2D eigenvalue weighted by molar-refractivity contribution is 8.14. The maximum Gasteiger partial charge on any atom is 0.186 e. The molecule has 7 heteroatoms. The number of hydrogen-bond donors (Lipinski definition) is 1. The molecule has 0 aliphatic rings. The largest absolute Gasteiger partial charge is 0.388 e. The molecule has 0 aliphatic heterocycles. The van der Waals surface area contributed by atoms with E-state index in [1.54, 1.807) is 12.1 Å². The van der Waals surface area contributed by atoms with E-state index in [0.717, 1.165) is 27.9 Å². The third kappa shape index (κ3) is 10.1. The van der Waals surface area contributed by atoms with Gasteiger partial charge in [0.05, 0.1) is 5.75 Å². The summed E-state index contributed by atoms with van der Waals surface area (Å²) >= 11 is 7.05. The third-order valence-corrected chi connectivity index (χ3v) is 5.03. The van der Waals surface area contributed by atoms with Crippen LogP contribution in [0.15, 0.2) is 60.7 Å². The zero-order valence-corrected chi connectivity index (χ0v) is 19.4. The van der Waals surface area contributed by atoms with Crippen molar-refractivity contribution in [3.63, 3.8) is 0 Å². The van der Waals surface area contributed by atoms with E-state index in [4.69, 9.17) is 21.2 Å². The van der Waals surface area contributed by atoms with Crippen LogP contribution in [-0.2, 0) is 14.4 Å². The Hall–Kier alpha value is -2.96. The lowest BCUT2D eigenvalue weighted by Gasteiger charge is -2.02. The van der Waals surface area contributed by atoms with Gasteiger partial charge in [0.15, 0.2) is 10.9 Å². The Balaban J connectivity index is 0.000000507. The first-order valence-corrected chi connectivity index (χ1v) is 10.4. The van der Waals surface area contributed by atoms with Gasteiger partial charge in [0.25, 0.3) is 0 Å². The molecule has 0 aliphatic carbocycles. The number of anilines is 1. The van der Waals surface area contributed by atoms with Gasteiger partial charge >= 0.3 is 0 Å². The Kier molecular flexibility index (Phi) is 14.3. The minimum Gasteiger partial charge on any atom is -0.388 e. The second kappa shape index (κ2) is 15.8. The molecule has 3 aromatic rings. The van der Waals surface area contributed by atoms with Crippen molar-refractivity contribution in [2.45, 2.75) is 13.8 Å². The molecule has 0 heterocycles. The van der Waals surface area contributed by atoms with Crippen molar-refractivity contribution in [3.8, 4) is 0 Å². The second-order valence-corrected chi connectivity index (χ2v) is 7.55. The van der Waals surface area contributed by atoms with E-state index < -0.39 is 0 Å². The number of fused-ring (bicyclic) bond motifs is 1. The van der Waals surface area contributed by atoms with Crippen LogP contribution in [0.5, 0.6) is 0 Å². The summed E-state index contributed by atoms with van der Waals surface area (Å²) in [5, 5.41) is 6.11. The molecule has 164 valence electrons. The van der Waals surface area contributed by atoms with Gasteiger partial charge in [-0.25, -0.2) is 0 Å². The van der Waals surface area contributed by atoms with Gasteiger partial charge < -0.3 is 14.9 Å². The summed E-state index contributed by atoms with van der Waals surface area (Å²) in [5.41, 5.74) is 2.87. The molecule has 0 spiro atoms. The van der Waals surface area contributed by atoms with Crippen molar-refractivity contribution in [1.29, 1.82) is 0 Å². The van der Waals surface area contributed by atoms with Gasteiger partial charge in [0.1, 0.15) is 13.6 Å². The standard InChI is InChI=1S/C11H9Cl.C11H13NO2S.2CH2O/c1-8-5-6-10-9(7-8)3-2-4-11(10)12;1-8(13)15-7-11(14)9-3-5-10(12-2)6-4-9;2*1-2/h2-7H,1H3;3-6,12H,7H2,1-2H3;2*1H2. The number of aryl methyl sites for hydroxylation is 1. The molecule has 1 N–H and O–H groups in total. The molecule has 3 aromatic carbocycles. The zero-order valence-electron chi connectivity index (χ0n) is 17.8. The summed E-state index contributed by atoms with van der Waals surface area (Å²) in [6.07, 6.45) is 0. The number of Topliss-reactive ketones (excluding diaryl/α,β-unsaturated/α-hetero) is 1. The molecule has 3 rings (SSSR count). The van der Waals surface area contributed by atoms with Gasteiger partial charge in [-0.15, -0.1) is 0 Å². The van der Waals surface area contributed by atoms with Crippen LogP contribution in [0.3, 0.4) is 0 Å². The van der Waals surface area contributed by atoms with Crippen LogP contribution >= 0.6 is 23.4 Å². The summed E-state index contributed by atoms with van der Waals surface area (Å²) in [4.78, 5) is 38.2. The highest BCUT2D eigenvalue weighted by Gasteiger charge is 2.07. The molecule has 0 amide bonds. The predicted molar refractivity (Wildman–Crippen MR) is 131 cm³/mol. The van der Waals surface area contributed by atoms with Crippen molar-refractivity contribution in [2.75, 3.05) is 18.1 Å². The lowest BCUT2D eigenvalue weighted by atomic mass is 10.1. The van der Waals surface area contributed by atoms with Crippen molar-refractivity contribution in [1.82, 2.24) is 0 Å². The Bertz CT molecular complexity index is 975. The van der Waals surface area contributed by atoms with Crippen molar-refractivity contribution >= 4 is 64.3 Å². The van der Waals surface area contributed by atoms with Gasteiger partial charge in [-0.05, 0) is 42.6 Å². The van der Waals surface area contributed by atoms with Gasteiger partial charge in [-0.3, -0.25) is 9.59 Å². The number of benzene rings is 3. The first-order chi connectivity index (χ1) is 14.9. The zero-order chi connectivity index (χ0) is 23.8. The molecule has 0 saturated carbocycles. The first kappa shape index (κ1) is 28.0. The van der Waals surface area contributed by atoms with E-state index in [0.29, 0.717) is 5.56 Å². The number of hydrogen-bond acceptors (Lipinski definition) is 6. The van der Waals surface area contributed by atoms with Crippen LogP contribution < -0.4 is 5.32 Å². The average Bonchev–Trinajstić information content (AvgIpc) is 2.80. The van der Waals surface area contributed by atoms with Gasteiger partial charge in [0, 0.05) is 35.6 Å². The highest BCUT2D eigenvalue weighted by Crippen LogP contribution is 2.23. The van der Waals surface area contributed by atoms with Gasteiger partial charge in [-0.2, -0.15) is 0 Å². The molecule has 5 nitrogen and oxygen atoms in total. The molecule has 0 unspecified atom stereocenters. The van der Waals surface area contributed by atoms with E-state index >= 15 is 0 Å². The second-order valence-electron chi connectivity index (χ2n) is 6.00. The van der Waals surface area contributed by atoms with Crippen molar-refractivity contribution in [3.05, 3.63) is 76.8 Å². The topological polar surface area (TPSA) is 80.3 Å². The van der Waals surface area contributed by atoms with Crippen LogP contribution in [-0.4, -0.2) is 37.3 Å². The van der Waals surface area contributed by atoms with E-state index in [2.05, 4.69) is 36.5 Å². The number of carbonyl (C=O) groups is 4. The highest BCUT2D eigenvalue weighted by atomic mass is 35.5. The summed E-state index contributed by atoms with van der Waals surface area (Å²) in [7, 11) is 1.82. The van der Waals surface area contributed by atoms with Crippen LogP contribution in [0.1, 0.15) is 22.8 Å². The molecular formula is C24H26ClNO4S. The molecule has 0 aromatic heterocycles. The quantitative estimate of drug-likeness (QED) is 0.510. The number of rotatable bonds is 4. The SMILES string of the molecule is C=O.C=O.CNc1ccc(C(=O)CSC(C)=O)cc1.Cc1ccc2c(Cl)cccc2c1.